The molecule has 170 valence electrons. The third-order valence-corrected chi connectivity index (χ3v) is 6.04. The van der Waals surface area contributed by atoms with Crippen LogP contribution in [0, 0.1) is 13.8 Å². The van der Waals surface area contributed by atoms with Crippen molar-refractivity contribution in [1.29, 1.82) is 0 Å². The third-order valence-electron chi connectivity index (χ3n) is 6.04. The van der Waals surface area contributed by atoms with Gasteiger partial charge >= 0.3 is 0 Å². The minimum Gasteiger partial charge on any atom is -0.454 e. The van der Waals surface area contributed by atoms with E-state index in [0.29, 0.717) is 6.79 Å². The summed E-state index contributed by atoms with van der Waals surface area (Å²) in [6.45, 7) is 10.3. The van der Waals surface area contributed by atoms with E-state index in [0.717, 1.165) is 68.8 Å². The SMILES string of the molecule is CN=C(NCCc1c(C)nn(C)c1C)N1CCN(Cc2ccc3c(c2)OCO3)CC1.I. The van der Waals surface area contributed by atoms with Crippen molar-refractivity contribution in [2.45, 2.75) is 26.8 Å². The van der Waals surface area contributed by atoms with Crippen LogP contribution in [0.1, 0.15) is 22.5 Å². The lowest BCUT2D eigenvalue weighted by Crippen LogP contribution is -2.52. The van der Waals surface area contributed by atoms with E-state index in [-0.39, 0.29) is 24.0 Å². The molecule has 9 heteroatoms. The topological polar surface area (TPSA) is 67.2 Å². The molecule has 0 bridgehead atoms. The average Bonchev–Trinajstić information content (AvgIpc) is 3.31. The molecular formula is C22H33IN6O2. The number of fused-ring (bicyclic) bond motifs is 1. The highest BCUT2D eigenvalue weighted by molar-refractivity contribution is 14.0. The van der Waals surface area contributed by atoms with Crippen molar-refractivity contribution >= 4 is 29.9 Å². The van der Waals surface area contributed by atoms with E-state index in [2.05, 4.69) is 51.2 Å². The Morgan fingerprint density at radius 3 is 2.55 bits per heavy atom. The molecule has 0 unspecified atom stereocenters. The second-order valence-electron chi connectivity index (χ2n) is 7.95. The molecule has 0 aliphatic carbocycles. The average molecular weight is 540 g/mol. The zero-order valence-corrected chi connectivity index (χ0v) is 21.2. The molecule has 0 atom stereocenters. The standard InChI is InChI=1S/C22H32N6O2.HI/c1-16-19(17(2)26(4)25-16)7-8-24-22(23-3)28-11-9-27(10-12-28)14-18-5-6-20-21(13-18)30-15-29-20;/h5-6,13H,7-12,14-15H2,1-4H3,(H,23,24);1H. The number of halogens is 1. The van der Waals surface area contributed by atoms with Crippen LogP contribution in [0.5, 0.6) is 11.5 Å². The Balaban J connectivity index is 0.00000272. The number of piperazine rings is 1. The van der Waals surface area contributed by atoms with Crippen LogP contribution < -0.4 is 14.8 Å². The van der Waals surface area contributed by atoms with Gasteiger partial charge in [-0.05, 0) is 43.5 Å². The van der Waals surface area contributed by atoms with Crippen LogP contribution >= 0.6 is 24.0 Å². The summed E-state index contributed by atoms with van der Waals surface area (Å²) in [4.78, 5) is 9.33. The normalized spacial score (nSPS) is 16.4. The Morgan fingerprint density at radius 1 is 1.13 bits per heavy atom. The van der Waals surface area contributed by atoms with Crippen molar-refractivity contribution in [2.75, 3.05) is 46.6 Å². The number of benzene rings is 1. The van der Waals surface area contributed by atoms with Gasteiger partial charge in [0, 0.05) is 59.1 Å². The van der Waals surface area contributed by atoms with Crippen molar-refractivity contribution in [3.63, 3.8) is 0 Å². The Kier molecular flexibility index (Phi) is 8.04. The number of nitrogens with zero attached hydrogens (tertiary/aromatic N) is 5. The molecule has 1 aromatic heterocycles. The van der Waals surface area contributed by atoms with Crippen LogP contribution in [0.25, 0.3) is 0 Å². The number of aromatic nitrogens is 2. The quantitative estimate of drug-likeness (QED) is 0.357. The molecule has 1 N–H and O–H groups in total. The van der Waals surface area contributed by atoms with Gasteiger partial charge in [0.05, 0.1) is 5.69 Å². The van der Waals surface area contributed by atoms with Crippen LogP contribution in [-0.2, 0) is 20.0 Å². The van der Waals surface area contributed by atoms with Crippen LogP contribution in [0.3, 0.4) is 0 Å². The summed E-state index contributed by atoms with van der Waals surface area (Å²) in [6, 6.07) is 6.23. The number of aliphatic imine (C=N–C) groups is 1. The predicted molar refractivity (Wildman–Crippen MR) is 133 cm³/mol. The molecule has 2 aromatic rings. The van der Waals surface area contributed by atoms with Gasteiger partial charge in [0.15, 0.2) is 17.5 Å². The first-order chi connectivity index (χ1) is 14.5. The van der Waals surface area contributed by atoms with Gasteiger partial charge in [-0.1, -0.05) is 6.07 Å². The highest BCUT2D eigenvalue weighted by Crippen LogP contribution is 2.32. The van der Waals surface area contributed by atoms with Crippen LogP contribution in [-0.4, -0.2) is 72.1 Å². The molecule has 4 rings (SSSR count). The molecular weight excluding hydrogens is 507 g/mol. The monoisotopic (exact) mass is 540 g/mol. The molecule has 8 nitrogen and oxygen atoms in total. The molecule has 0 amide bonds. The van der Waals surface area contributed by atoms with Gasteiger partial charge < -0.3 is 19.7 Å². The van der Waals surface area contributed by atoms with Gasteiger partial charge in [0.2, 0.25) is 6.79 Å². The lowest BCUT2D eigenvalue weighted by molar-refractivity contribution is 0.171. The molecule has 1 saturated heterocycles. The summed E-state index contributed by atoms with van der Waals surface area (Å²) in [7, 11) is 3.86. The molecule has 0 saturated carbocycles. The summed E-state index contributed by atoms with van der Waals surface area (Å²) in [5, 5.41) is 8.04. The maximum Gasteiger partial charge on any atom is 0.231 e. The zero-order chi connectivity index (χ0) is 21.1. The lowest BCUT2D eigenvalue weighted by atomic mass is 10.1. The molecule has 1 aromatic carbocycles. The summed E-state index contributed by atoms with van der Waals surface area (Å²) in [6.07, 6.45) is 0.953. The van der Waals surface area contributed by atoms with Crippen LogP contribution in [0.4, 0.5) is 0 Å². The summed E-state index contributed by atoms with van der Waals surface area (Å²) < 4.78 is 12.9. The highest BCUT2D eigenvalue weighted by atomic mass is 127. The molecule has 1 fully saturated rings. The van der Waals surface area contributed by atoms with E-state index in [9.17, 15) is 0 Å². The number of rotatable bonds is 5. The Hall–Kier alpha value is -2.01. The number of hydrogen-bond donors (Lipinski definition) is 1. The fourth-order valence-corrected chi connectivity index (χ4v) is 4.23. The molecule has 31 heavy (non-hydrogen) atoms. The number of nitrogens with one attached hydrogen (secondary N) is 1. The fraction of sp³-hybridized carbons (Fsp3) is 0.545. The number of hydrogen-bond acceptors (Lipinski definition) is 5. The van der Waals surface area contributed by atoms with Gasteiger partial charge in [-0.2, -0.15) is 5.10 Å². The van der Waals surface area contributed by atoms with E-state index >= 15 is 0 Å². The summed E-state index contributed by atoms with van der Waals surface area (Å²) in [5.41, 5.74) is 4.94. The largest absolute Gasteiger partial charge is 0.454 e. The Labute approximate surface area is 201 Å². The van der Waals surface area contributed by atoms with Gasteiger partial charge in [-0.3, -0.25) is 14.6 Å². The fourth-order valence-electron chi connectivity index (χ4n) is 4.23. The maximum absolute atomic E-state index is 5.50. The molecule has 3 heterocycles. The van der Waals surface area contributed by atoms with E-state index in [1.54, 1.807) is 0 Å². The van der Waals surface area contributed by atoms with Crippen molar-refractivity contribution < 1.29 is 9.47 Å². The van der Waals surface area contributed by atoms with E-state index in [1.165, 1.54) is 16.8 Å². The highest BCUT2D eigenvalue weighted by Gasteiger charge is 2.21. The Bertz CT molecular complexity index is 921. The van der Waals surface area contributed by atoms with Crippen LogP contribution in [0.15, 0.2) is 23.2 Å². The van der Waals surface area contributed by atoms with E-state index < -0.39 is 0 Å². The molecule has 0 radical (unpaired) electrons. The first-order valence-corrected chi connectivity index (χ1v) is 10.6. The van der Waals surface area contributed by atoms with Gasteiger partial charge in [0.25, 0.3) is 0 Å². The summed E-state index contributed by atoms with van der Waals surface area (Å²) in [5.74, 6) is 2.68. The maximum atomic E-state index is 5.50. The number of guanidine groups is 1. The molecule has 2 aliphatic heterocycles. The minimum atomic E-state index is 0. The first kappa shape index (κ1) is 23.6. The Morgan fingerprint density at radius 2 is 1.87 bits per heavy atom. The molecule has 2 aliphatic rings. The van der Waals surface area contributed by atoms with E-state index in [4.69, 9.17) is 9.47 Å². The van der Waals surface area contributed by atoms with Gasteiger partial charge in [-0.15, -0.1) is 24.0 Å². The second-order valence-corrected chi connectivity index (χ2v) is 7.95. The van der Waals surface area contributed by atoms with Crippen LogP contribution in [0.2, 0.25) is 0 Å². The smallest absolute Gasteiger partial charge is 0.231 e. The number of ether oxygens (including phenoxy) is 2. The van der Waals surface area contributed by atoms with Crippen molar-refractivity contribution in [3.05, 3.63) is 40.7 Å². The lowest BCUT2D eigenvalue weighted by Gasteiger charge is -2.36. The van der Waals surface area contributed by atoms with Gasteiger partial charge in [-0.25, -0.2) is 0 Å². The first-order valence-electron chi connectivity index (χ1n) is 10.6. The molecule has 0 spiro atoms. The third kappa shape index (κ3) is 5.43. The van der Waals surface area contributed by atoms with Crippen molar-refractivity contribution in [3.8, 4) is 11.5 Å². The van der Waals surface area contributed by atoms with Crippen molar-refractivity contribution in [2.24, 2.45) is 12.0 Å². The van der Waals surface area contributed by atoms with E-state index in [1.807, 2.05) is 24.8 Å². The minimum absolute atomic E-state index is 0. The number of aryl methyl sites for hydroxylation is 2. The summed E-state index contributed by atoms with van der Waals surface area (Å²) >= 11 is 0. The van der Waals surface area contributed by atoms with Crippen molar-refractivity contribution in [1.82, 2.24) is 24.9 Å². The zero-order valence-electron chi connectivity index (χ0n) is 18.8. The second kappa shape index (κ2) is 10.5. The predicted octanol–water partition coefficient (Wildman–Crippen LogP) is 2.32. The van der Waals surface area contributed by atoms with Gasteiger partial charge in [0.1, 0.15) is 0 Å².